The van der Waals surface area contributed by atoms with Crippen molar-refractivity contribution in [2.75, 3.05) is 43.9 Å². The number of nitrogens with one attached hydrogen (secondary N) is 2. The molecule has 0 aliphatic rings. The number of hydrogen-bond acceptors (Lipinski definition) is 5. The minimum absolute atomic E-state index is 0.724. The SMILES string of the molecule is CN(CCCCCCNc1ccnc2cc(Cl)ccc12)CCCCCCNc1ccnc2cc(Cl)ccc12. The van der Waals surface area contributed by atoms with E-state index in [2.05, 4.69) is 32.5 Å². The fourth-order valence-electron chi connectivity index (χ4n) is 4.83. The second-order valence-electron chi connectivity index (χ2n) is 10.0. The molecule has 0 radical (unpaired) electrons. The van der Waals surface area contributed by atoms with E-state index in [0.29, 0.717) is 0 Å². The number of nitrogens with zero attached hydrogens (tertiary/aromatic N) is 3. The fraction of sp³-hybridized carbons (Fsp3) is 0.419. The van der Waals surface area contributed by atoms with Gasteiger partial charge in [-0.25, -0.2) is 0 Å². The zero-order valence-electron chi connectivity index (χ0n) is 22.4. The molecule has 0 saturated heterocycles. The third-order valence-electron chi connectivity index (χ3n) is 6.97. The summed E-state index contributed by atoms with van der Waals surface area (Å²) < 4.78 is 0. The van der Waals surface area contributed by atoms with Crippen molar-refractivity contribution in [2.45, 2.75) is 51.4 Å². The van der Waals surface area contributed by atoms with Crippen LogP contribution in [0.2, 0.25) is 10.0 Å². The molecular weight excluding hydrogens is 513 g/mol. The molecule has 7 heteroatoms. The average Bonchev–Trinajstić information content (AvgIpc) is 2.91. The van der Waals surface area contributed by atoms with Crippen molar-refractivity contribution in [3.8, 4) is 0 Å². The first-order valence-corrected chi connectivity index (χ1v) is 14.6. The van der Waals surface area contributed by atoms with Crippen LogP contribution in [0.15, 0.2) is 60.9 Å². The Labute approximate surface area is 237 Å². The summed E-state index contributed by atoms with van der Waals surface area (Å²) in [5.74, 6) is 0. The van der Waals surface area contributed by atoms with Crippen LogP contribution in [0.1, 0.15) is 51.4 Å². The van der Waals surface area contributed by atoms with Gasteiger partial charge in [0.05, 0.1) is 11.0 Å². The molecule has 0 aliphatic heterocycles. The Hall–Kier alpha value is -2.60. The summed E-state index contributed by atoms with van der Waals surface area (Å²) in [6.45, 7) is 4.34. The van der Waals surface area contributed by atoms with Gasteiger partial charge < -0.3 is 15.5 Å². The number of fused-ring (bicyclic) bond motifs is 2. The Balaban J connectivity index is 0.996. The Morgan fingerprint density at radius 2 is 1.05 bits per heavy atom. The van der Waals surface area contributed by atoms with Crippen molar-refractivity contribution in [1.29, 1.82) is 0 Å². The Kier molecular flexibility index (Phi) is 11.3. The van der Waals surface area contributed by atoms with Crippen molar-refractivity contribution in [3.05, 3.63) is 71.0 Å². The minimum atomic E-state index is 0.724. The number of unbranched alkanes of at least 4 members (excludes halogenated alkanes) is 6. The zero-order valence-corrected chi connectivity index (χ0v) is 23.9. The standard InChI is InChI=1S/C31H39Cl2N5/c1-38(20-8-4-2-6-16-34-28-14-18-36-30-22-24(32)10-12-26(28)30)21-9-5-3-7-17-35-29-15-19-37-31-23-25(33)11-13-27(29)31/h10-15,18-19,22-23H,2-9,16-17,20-21H2,1H3,(H,34,36)(H,35,37). The predicted molar refractivity (Wildman–Crippen MR) is 165 cm³/mol. The third-order valence-corrected chi connectivity index (χ3v) is 7.44. The summed E-state index contributed by atoms with van der Waals surface area (Å²) in [5.41, 5.74) is 4.15. The summed E-state index contributed by atoms with van der Waals surface area (Å²) in [6, 6.07) is 15.8. The molecule has 0 bridgehead atoms. The second kappa shape index (κ2) is 15.1. The molecule has 0 fully saturated rings. The molecule has 2 aromatic carbocycles. The van der Waals surface area contributed by atoms with E-state index in [-0.39, 0.29) is 0 Å². The molecule has 5 nitrogen and oxygen atoms in total. The lowest BCUT2D eigenvalue weighted by Gasteiger charge is -2.16. The van der Waals surface area contributed by atoms with Crippen molar-refractivity contribution < 1.29 is 0 Å². The second-order valence-corrected chi connectivity index (χ2v) is 10.9. The van der Waals surface area contributed by atoms with Gasteiger partial charge in [-0.2, -0.15) is 0 Å². The topological polar surface area (TPSA) is 53.1 Å². The molecule has 0 atom stereocenters. The van der Waals surface area contributed by atoms with E-state index in [1.54, 1.807) is 0 Å². The molecule has 2 N–H and O–H groups in total. The molecule has 2 heterocycles. The van der Waals surface area contributed by atoms with Crippen molar-refractivity contribution in [2.24, 2.45) is 0 Å². The first kappa shape index (κ1) is 28.4. The molecule has 202 valence electrons. The summed E-state index contributed by atoms with van der Waals surface area (Å²) >= 11 is 12.2. The molecule has 4 aromatic rings. The zero-order chi connectivity index (χ0) is 26.6. The summed E-state index contributed by atoms with van der Waals surface area (Å²) in [7, 11) is 2.25. The van der Waals surface area contributed by atoms with Crippen LogP contribution in [-0.2, 0) is 0 Å². The van der Waals surface area contributed by atoms with E-state index in [1.807, 2.05) is 60.9 Å². The molecular formula is C31H39Cl2N5. The van der Waals surface area contributed by atoms with Gasteiger partial charge in [-0.3, -0.25) is 9.97 Å². The van der Waals surface area contributed by atoms with E-state index in [0.717, 1.165) is 56.3 Å². The van der Waals surface area contributed by atoms with Gasteiger partial charge in [-0.05, 0) is 94.4 Å². The van der Waals surface area contributed by atoms with E-state index >= 15 is 0 Å². The van der Waals surface area contributed by atoms with Crippen molar-refractivity contribution >= 4 is 56.4 Å². The van der Waals surface area contributed by atoms with Gasteiger partial charge in [0.2, 0.25) is 0 Å². The number of anilines is 2. The Morgan fingerprint density at radius 1 is 0.605 bits per heavy atom. The number of pyridine rings is 2. The van der Waals surface area contributed by atoms with Gasteiger partial charge in [0.15, 0.2) is 0 Å². The van der Waals surface area contributed by atoms with E-state index in [4.69, 9.17) is 23.2 Å². The molecule has 0 saturated carbocycles. The van der Waals surface area contributed by atoms with Crippen molar-refractivity contribution in [1.82, 2.24) is 14.9 Å². The predicted octanol–water partition coefficient (Wildman–Crippen LogP) is 8.67. The molecule has 4 rings (SSSR count). The molecule has 0 aliphatic carbocycles. The quantitative estimate of drug-likeness (QED) is 0.136. The first-order chi connectivity index (χ1) is 18.6. The molecule has 0 amide bonds. The van der Waals surface area contributed by atoms with Gasteiger partial charge in [-0.1, -0.05) is 48.9 Å². The number of hydrogen-bond donors (Lipinski definition) is 2. The van der Waals surface area contributed by atoms with Gasteiger partial charge >= 0.3 is 0 Å². The van der Waals surface area contributed by atoms with Crippen LogP contribution < -0.4 is 10.6 Å². The lowest BCUT2D eigenvalue weighted by Crippen LogP contribution is -2.21. The van der Waals surface area contributed by atoms with Crippen LogP contribution in [0.5, 0.6) is 0 Å². The van der Waals surface area contributed by atoms with Crippen LogP contribution in [0, 0.1) is 0 Å². The minimum Gasteiger partial charge on any atom is -0.384 e. The molecule has 2 aromatic heterocycles. The monoisotopic (exact) mass is 551 g/mol. The normalized spacial score (nSPS) is 11.5. The highest BCUT2D eigenvalue weighted by molar-refractivity contribution is 6.31. The highest BCUT2D eigenvalue weighted by Crippen LogP contribution is 2.25. The summed E-state index contributed by atoms with van der Waals surface area (Å²) in [6.07, 6.45) is 13.6. The smallest absolute Gasteiger partial charge is 0.0737 e. The van der Waals surface area contributed by atoms with Gasteiger partial charge in [0.1, 0.15) is 0 Å². The fourth-order valence-corrected chi connectivity index (χ4v) is 5.16. The van der Waals surface area contributed by atoms with Gasteiger partial charge in [0, 0.05) is 57.7 Å². The first-order valence-electron chi connectivity index (χ1n) is 13.8. The average molecular weight is 553 g/mol. The lowest BCUT2D eigenvalue weighted by atomic mass is 10.1. The lowest BCUT2D eigenvalue weighted by molar-refractivity contribution is 0.315. The van der Waals surface area contributed by atoms with Gasteiger partial charge in [-0.15, -0.1) is 0 Å². The van der Waals surface area contributed by atoms with E-state index in [1.165, 1.54) is 64.5 Å². The van der Waals surface area contributed by atoms with Gasteiger partial charge in [0.25, 0.3) is 0 Å². The summed E-state index contributed by atoms with van der Waals surface area (Å²) in [4.78, 5) is 11.3. The molecule has 38 heavy (non-hydrogen) atoms. The highest BCUT2D eigenvalue weighted by atomic mass is 35.5. The Bertz CT molecular complexity index is 1200. The third kappa shape index (κ3) is 8.72. The number of rotatable bonds is 16. The highest BCUT2D eigenvalue weighted by Gasteiger charge is 2.04. The van der Waals surface area contributed by atoms with Crippen LogP contribution in [0.4, 0.5) is 11.4 Å². The molecule has 0 spiro atoms. The number of benzene rings is 2. The van der Waals surface area contributed by atoms with Crippen LogP contribution >= 0.6 is 23.2 Å². The van der Waals surface area contributed by atoms with E-state index in [9.17, 15) is 0 Å². The van der Waals surface area contributed by atoms with Crippen LogP contribution in [0.3, 0.4) is 0 Å². The number of aromatic nitrogens is 2. The maximum atomic E-state index is 6.09. The maximum Gasteiger partial charge on any atom is 0.0737 e. The number of halogens is 2. The molecule has 0 unspecified atom stereocenters. The largest absolute Gasteiger partial charge is 0.384 e. The van der Waals surface area contributed by atoms with Crippen molar-refractivity contribution in [3.63, 3.8) is 0 Å². The van der Waals surface area contributed by atoms with Crippen LogP contribution in [0.25, 0.3) is 21.8 Å². The maximum absolute atomic E-state index is 6.09. The summed E-state index contributed by atoms with van der Waals surface area (Å²) in [5, 5.41) is 10.8. The van der Waals surface area contributed by atoms with E-state index < -0.39 is 0 Å². The Morgan fingerprint density at radius 3 is 1.53 bits per heavy atom. The van der Waals surface area contributed by atoms with Crippen LogP contribution in [-0.4, -0.2) is 48.1 Å².